The lowest BCUT2D eigenvalue weighted by molar-refractivity contribution is 0.645. The second-order valence-corrected chi connectivity index (χ2v) is 2.74. The lowest BCUT2D eigenvalue weighted by Gasteiger charge is -1.99. The minimum absolute atomic E-state index is 0.818. The van der Waals surface area contributed by atoms with Crippen molar-refractivity contribution in [3.63, 3.8) is 0 Å². The molecule has 0 unspecified atom stereocenters. The smallest absolute Gasteiger partial charge is 0.0880 e. The zero-order valence-corrected chi connectivity index (χ0v) is 7.32. The van der Waals surface area contributed by atoms with Gasteiger partial charge in [-0.15, -0.1) is 0 Å². The van der Waals surface area contributed by atoms with Crippen molar-refractivity contribution in [2.45, 2.75) is 6.54 Å². The Balaban J connectivity index is 2.04. The van der Waals surface area contributed by atoms with Gasteiger partial charge in [0.05, 0.1) is 23.6 Å². The lowest BCUT2D eigenvalue weighted by Crippen LogP contribution is -2.24. The van der Waals surface area contributed by atoms with Crippen molar-refractivity contribution < 1.29 is 0 Å². The Morgan fingerprint density at radius 2 is 2.45 bits per heavy atom. The van der Waals surface area contributed by atoms with E-state index in [1.807, 2.05) is 7.05 Å². The Morgan fingerprint density at radius 3 is 3.09 bits per heavy atom. The molecule has 11 heavy (non-hydrogen) atoms. The number of hydrogen-bond donors (Lipinski definition) is 2. The fraction of sp³-hybridized carbons (Fsp3) is 0.667. The Morgan fingerprint density at radius 1 is 1.55 bits per heavy atom. The monoisotopic (exact) mass is 172 g/mol. The van der Waals surface area contributed by atoms with Gasteiger partial charge in [-0.1, -0.05) is 0 Å². The Bertz CT molecular complexity index is 175. The maximum Gasteiger partial charge on any atom is 0.0880 e. The standard InChI is InChI=1S/C6H12N4S/c1-7-2-3-8-4-6-5-9-11-10-6/h5,7-8H,2-4H2,1H3. The molecule has 1 rings (SSSR count). The van der Waals surface area contributed by atoms with E-state index in [1.54, 1.807) is 6.20 Å². The molecule has 0 aliphatic rings. The number of likely N-dealkylation sites (N-methyl/N-ethyl adjacent to an activating group) is 1. The Hall–Kier alpha value is -0.520. The van der Waals surface area contributed by atoms with Crippen molar-refractivity contribution in [1.82, 2.24) is 19.4 Å². The van der Waals surface area contributed by atoms with Gasteiger partial charge in [-0.3, -0.25) is 0 Å². The normalized spacial score (nSPS) is 10.3. The summed E-state index contributed by atoms with van der Waals surface area (Å²) < 4.78 is 7.96. The van der Waals surface area contributed by atoms with E-state index in [9.17, 15) is 0 Å². The number of aromatic nitrogens is 2. The quantitative estimate of drug-likeness (QED) is 0.606. The number of hydrogen-bond acceptors (Lipinski definition) is 5. The van der Waals surface area contributed by atoms with E-state index in [-0.39, 0.29) is 0 Å². The van der Waals surface area contributed by atoms with E-state index in [1.165, 1.54) is 11.7 Å². The molecule has 0 radical (unpaired) electrons. The first-order chi connectivity index (χ1) is 5.43. The molecule has 0 atom stereocenters. The predicted octanol–water partition coefficient (Wildman–Crippen LogP) is -0.153. The molecule has 0 fully saturated rings. The molecule has 1 aromatic heterocycles. The first-order valence-corrected chi connectivity index (χ1v) is 4.28. The second-order valence-electron chi connectivity index (χ2n) is 2.18. The van der Waals surface area contributed by atoms with Gasteiger partial charge in [0.25, 0.3) is 0 Å². The topological polar surface area (TPSA) is 49.8 Å². The van der Waals surface area contributed by atoms with Crippen LogP contribution in [0.5, 0.6) is 0 Å². The molecule has 0 spiro atoms. The minimum atomic E-state index is 0.818. The van der Waals surface area contributed by atoms with E-state index in [0.29, 0.717) is 0 Å². The van der Waals surface area contributed by atoms with Crippen molar-refractivity contribution in [2.75, 3.05) is 20.1 Å². The summed E-state index contributed by atoms with van der Waals surface area (Å²) in [5, 5.41) is 6.28. The minimum Gasteiger partial charge on any atom is -0.318 e. The molecule has 0 aliphatic heterocycles. The van der Waals surface area contributed by atoms with Crippen LogP contribution in [0, 0.1) is 0 Å². The summed E-state index contributed by atoms with van der Waals surface area (Å²) in [6.45, 7) is 2.77. The lowest BCUT2D eigenvalue weighted by atomic mass is 10.4. The van der Waals surface area contributed by atoms with E-state index in [4.69, 9.17) is 0 Å². The molecule has 0 saturated heterocycles. The summed E-state index contributed by atoms with van der Waals surface area (Å²) >= 11 is 1.25. The third-order valence-corrected chi connectivity index (χ3v) is 1.78. The van der Waals surface area contributed by atoms with Crippen molar-refractivity contribution in [2.24, 2.45) is 0 Å². The van der Waals surface area contributed by atoms with Crippen molar-refractivity contribution in [3.8, 4) is 0 Å². The summed E-state index contributed by atoms with van der Waals surface area (Å²) in [6.07, 6.45) is 1.79. The molecule has 0 aromatic carbocycles. The second kappa shape index (κ2) is 5.17. The van der Waals surface area contributed by atoms with Gasteiger partial charge >= 0.3 is 0 Å². The maximum atomic E-state index is 4.06. The van der Waals surface area contributed by atoms with Gasteiger partial charge in [-0.2, -0.15) is 8.75 Å². The van der Waals surface area contributed by atoms with Crippen LogP contribution in [-0.2, 0) is 6.54 Å². The van der Waals surface area contributed by atoms with Crippen molar-refractivity contribution >= 4 is 11.7 Å². The van der Waals surface area contributed by atoms with Crippen LogP contribution < -0.4 is 10.6 Å². The van der Waals surface area contributed by atoms with Gasteiger partial charge in [-0.25, -0.2) is 0 Å². The molecule has 5 heteroatoms. The largest absolute Gasteiger partial charge is 0.318 e. The van der Waals surface area contributed by atoms with Crippen LogP contribution in [0.2, 0.25) is 0 Å². The SMILES string of the molecule is CNCCNCc1cnsn1. The van der Waals surface area contributed by atoms with Crippen LogP contribution in [0.1, 0.15) is 5.69 Å². The number of nitrogens with zero attached hydrogens (tertiary/aromatic N) is 2. The Kier molecular flexibility index (Phi) is 4.03. The molecule has 0 bridgehead atoms. The summed E-state index contributed by atoms with van der Waals surface area (Å²) in [4.78, 5) is 0. The van der Waals surface area contributed by atoms with Gasteiger partial charge in [0.1, 0.15) is 0 Å². The van der Waals surface area contributed by atoms with Crippen LogP contribution in [0.4, 0.5) is 0 Å². The molecular weight excluding hydrogens is 160 g/mol. The fourth-order valence-electron chi connectivity index (χ4n) is 0.692. The molecule has 1 aromatic rings. The first kappa shape index (κ1) is 8.58. The zero-order valence-electron chi connectivity index (χ0n) is 6.50. The van der Waals surface area contributed by atoms with Crippen LogP contribution in [0.25, 0.3) is 0 Å². The molecule has 2 N–H and O–H groups in total. The van der Waals surface area contributed by atoms with Crippen LogP contribution >= 0.6 is 11.7 Å². The van der Waals surface area contributed by atoms with Gasteiger partial charge < -0.3 is 10.6 Å². The van der Waals surface area contributed by atoms with Crippen LogP contribution in [-0.4, -0.2) is 28.9 Å². The van der Waals surface area contributed by atoms with E-state index in [2.05, 4.69) is 19.4 Å². The highest BCUT2D eigenvalue weighted by molar-refractivity contribution is 6.99. The van der Waals surface area contributed by atoms with Crippen LogP contribution in [0.3, 0.4) is 0 Å². The van der Waals surface area contributed by atoms with Crippen molar-refractivity contribution in [1.29, 1.82) is 0 Å². The van der Waals surface area contributed by atoms with Gasteiger partial charge in [0, 0.05) is 19.6 Å². The third-order valence-electron chi connectivity index (χ3n) is 1.26. The molecule has 0 aliphatic carbocycles. The Labute approximate surface area is 70.4 Å². The van der Waals surface area contributed by atoms with Gasteiger partial charge in [-0.05, 0) is 7.05 Å². The number of nitrogens with one attached hydrogen (secondary N) is 2. The highest BCUT2D eigenvalue weighted by Gasteiger charge is 1.92. The third kappa shape index (κ3) is 3.41. The van der Waals surface area contributed by atoms with E-state index < -0.39 is 0 Å². The highest BCUT2D eigenvalue weighted by Crippen LogP contribution is 1.92. The average molecular weight is 172 g/mol. The van der Waals surface area contributed by atoms with Crippen LogP contribution in [0.15, 0.2) is 6.20 Å². The maximum absolute atomic E-state index is 4.06. The van der Waals surface area contributed by atoms with E-state index >= 15 is 0 Å². The van der Waals surface area contributed by atoms with Gasteiger partial charge in [0.2, 0.25) is 0 Å². The molecule has 0 amide bonds. The van der Waals surface area contributed by atoms with Gasteiger partial charge in [0.15, 0.2) is 0 Å². The summed E-state index contributed by atoms with van der Waals surface area (Å²) in [5.74, 6) is 0. The highest BCUT2D eigenvalue weighted by atomic mass is 32.1. The average Bonchev–Trinajstić information content (AvgIpc) is 2.50. The molecule has 0 saturated carbocycles. The summed E-state index contributed by atoms with van der Waals surface area (Å²) in [6, 6.07) is 0. The number of rotatable bonds is 5. The zero-order chi connectivity index (χ0) is 7.94. The molecular formula is C6H12N4S. The molecule has 4 nitrogen and oxygen atoms in total. The molecule has 62 valence electrons. The van der Waals surface area contributed by atoms with E-state index in [0.717, 1.165) is 25.3 Å². The predicted molar refractivity (Wildman–Crippen MR) is 45.5 cm³/mol. The summed E-state index contributed by atoms with van der Waals surface area (Å²) in [7, 11) is 1.94. The summed E-state index contributed by atoms with van der Waals surface area (Å²) in [5.41, 5.74) is 1.02. The first-order valence-electron chi connectivity index (χ1n) is 3.55. The molecule has 1 heterocycles. The fourth-order valence-corrected chi connectivity index (χ4v) is 1.12. The van der Waals surface area contributed by atoms with Crippen molar-refractivity contribution in [3.05, 3.63) is 11.9 Å².